The average molecular weight is 203 g/mol. The topological polar surface area (TPSA) is 38.5 Å². The summed E-state index contributed by atoms with van der Waals surface area (Å²) in [6.07, 6.45) is 2.59. The maximum Gasteiger partial charge on any atom is 0.0914 e. The van der Waals surface area contributed by atoms with Crippen LogP contribution in [-0.4, -0.2) is 31.1 Å². The Kier molecular flexibility index (Phi) is 9.08. The van der Waals surface area contributed by atoms with Crippen LogP contribution >= 0.6 is 24.8 Å². The Bertz CT molecular complexity index is 94.7. The summed E-state index contributed by atoms with van der Waals surface area (Å²) in [6, 6.07) is 0. The molecular formula is C6H16Cl2N2O. The molecule has 0 aromatic carbocycles. The molecule has 70 valence electrons. The van der Waals surface area contributed by atoms with Gasteiger partial charge in [0.25, 0.3) is 0 Å². The molecule has 1 fully saturated rings. The van der Waals surface area contributed by atoms with Crippen molar-refractivity contribution in [3.8, 4) is 0 Å². The highest BCUT2D eigenvalue weighted by atomic mass is 35.5. The lowest BCUT2D eigenvalue weighted by Crippen LogP contribution is -2.38. The fraction of sp³-hybridized carbons (Fsp3) is 1.00. The van der Waals surface area contributed by atoms with E-state index in [1.54, 1.807) is 0 Å². The molecule has 11 heavy (non-hydrogen) atoms. The Morgan fingerprint density at radius 1 is 1.45 bits per heavy atom. The Morgan fingerprint density at radius 2 is 2.09 bits per heavy atom. The molecule has 2 N–H and O–H groups in total. The average Bonchev–Trinajstić information content (AvgIpc) is 1.88. The van der Waals surface area contributed by atoms with Gasteiger partial charge < -0.3 is 4.90 Å². The minimum atomic E-state index is 0. The maximum atomic E-state index is 5.04. The van der Waals surface area contributed by atoms with Crippen LogP contribution in [0, 0.1) is 0 Å². The van der Waals surface area contributed by atoms with Gasteiger partial charge >= 0.3 is 0 Å². The van der Waals surface area contributed by atoms with Gasteiger partial charge in [-0.25, -0.2) is 5.90 Å². The van der Waals surface area contributed by atoms with E-state index in [0.717, 1.165) is 13.0 Å². The van der Waals surface area contributed by atoms with Crippen LogP contribution in [0.5, 0.6) is 0 Å². The van der Waals surface area contributed by atoms with Gasteiger partial charge in [0, 0.05) is 6.54 Å². The van der Waals surface area contributed by atoms with Gasteiger partial charge in [-0.3, -0.25) is 4.84 Å². The number of hydrogen-bond donors (Lipinski definition) is 1. The van der Waals surface area contributed by atoms with Crippen molar-refractivity contribution in [2.75, 3.05) is 20.1 Å². The predicted molar refractivity (Wildman–Crippen MR) is 50.3 cm³/mol. The van der Waals surface area contributed by atoms with E-state index in [9.17, 15) is 0 Å². The summed E-state index contributed by atoms with van der Waals surface area (Å²) >= 11 is 0. The van der Waals surface area contributed by atoms with Crippen molar-refractivity contribution >= 4 is 24.8 Å². The fourth-order valence-corrected chi connectivity index (χ4v) is 1.23. The van der Waals surface area contributed by atoms with Crippen molar-refractivity contribution in [3.63, 3.8) is 0 Å². The highest BCUT2D eigenvalue weighted by Crippen LogP contribution is 2.08. The van der Waals surface area contributed by atoms with Crippen molar-refractivity contribution in [1.82, 2.24) is 4.90 Å². The number of nitrogens with two attached hydrogens (primary N) is 1. The second kappa shape index (κ2) is 7.13. The predicted octanol–water partition coefficient (Wildman–Crippen LogP) is 0.814. The first-order valence-corrected chi connectivity index (χ1v) is 3.37. The molecule has 0 saturated carbocycles. The van der Waals surface area contributed by atoms with Gasteiger partial charge in [-0.1, -0.05) is 0 Å². The van der Waals surface area contributed by atoms with E-state index in [4.69, 9.17) is 10.7 Å². The molecule has 0 aromatic heterocycles. The lowest BCUT2D eigenvalue weighted by Gasteiger charge is -2.27. The second-order valence-electron chi connectivity index (χ2n) is 2.66. The highest BCUT2D eigenvalue weighted by Gasteiger charge is 2.15. The van der Waals surface area contributed by atoms with Crippen LogP contribution < -0.4 is 5.90 Å². The summed E-state index contributed by atoms with van der Waals surface area (Å²) in [6.45, 7) is 2.16. The van der Waals surface area contributed by atoms with E-state index >= 15 is 0 Å². The monoisotopic (exact) mass is 202 g/mol. The Hall–Kier alpha value is 0.460. The Balaban J connectivity index is 0. The SMILES string of the molecule is CN1CCCC(ON)C1.Cl.Cl. The molecule has 0 aliphatic carbocycles. The first kappa shape index (κ1) is 14.0. The maximum absolute atomic E-state index is 5.04. The molecule has 0 radical (unpaired) electrons. The second-order valence-corrected chi connectivity index (χ2v) is 2.66. The quantitative estimate of drug-likeness (QED) is 0.641. The third-order valence-corrected chi connectivity index (χ3v) is 1.77. The number of nitrogens with zero attached hydrogens (tertiary/aromatic N) is 1. The van der Waals surface area contributed by atoms with Crippen LogP contribution in [0.15, 0.2) is 0 Å². The summed E-state index contributed by atoms with van der Waals surface area (Å²) in [5.74, 6) is 5.04. The normalized spacial score (nSPS) is 25.1. The van der Waals surface area contributed by atoms with Crippen LogP contribution in [0.25, 0.3) is 0 Å². The van der Waals surface area contributed by atoms with Crippen LogP contribution in [0.3, 0.4) is 0 Å². The van der Waals surface area contributed by atoms with Gasteiger partial charge in [-0.15, -0.1) is 24.8 Å². The number of likely N-dealkylation sites (N-methyl/N-ethyl adjacent to an activating group) is 1. The zero-order chi connectivity index (χ0) is 6.69. The van der Waals surface area contributed by atoms with Gasteiger partial charge in [-0.05, 0) is 26.4 Å². The minimum absolute atomic E-state index is 0. The van der Waals surface area contributed by atoms with Gasteiger partial charge in [-0.2, -0.15) is 0 Å². The molecule has 0 spiro atoms. The van der Waals surface area contributed by atoms with Crippen LogP contribution in [0.4, 0.5) is 0 Å². The smallest absolute Gasteiger partial charge is 0.0914 e. The molecule has 1 atom stereocenters. The first-order valence-electron chi connectivity index (χ1n) is 3.37. The summed E-state index contributed by atoms with van der Waals surface area (Å²) in [7, 11) is 2.09. The third kappa shape index (κ3) is 4.82. The third-order valence-electron chi connectivity index (χ3n) is 1.77. The van der Waals surface area contributed by atoms with Crippen molar-refractivity contribution in [1.29, 1.82) is 0 Å². The van der Waals surface area contributed by atoms with Crippen molar-refractivity contribution < 1.29 is 4.84 Å². The van der Waals surface area contributed by atoms with Crippen LogP contribution in [0.1, 0.15) is 12.8 Å². The lowest BCUT2D eigenvalue weighted by atomic mass is 10.1. The molecule has 0 aromatic rings. The molecule has 3 nitrogen and oxygen atoms in total. The van der Waals surface area contributed by atoms with E-state index in [-0.39, 0.29) is 30.9 Å². The summed E-state index contributed by atoms with van der Waals surface area (Å²) < 4.78 is 0. The Labute approximate surface area is 80.0 Å². The van der Waals surface area contributed by atoms with Gasteiger partial charge in [0.1, 0.15) is 0 Å². The van der Waals surface area contributed by atoms with Gasteiger partial charge in [0.15, 0.2) is 0 Å². The summed E-state index contributed by atoms with van der Waals surface area (Å²) in [5.41, 5.74) is 0. The molecule has 1 aliphatic rings. The molecular weight excluding hydrogens is 187 g/mol. The minimum Gasteiger partial charge on any atom is -0.304 e. The molecule has 1 unspecified atom stereocenters. The number of rotatable bonds is 1. The molecule has 1 heterocycles. The van der Waals surface area contributed by atoms with Gasteiger partial charge in [0.2, 0.25) is 0 Å². The number of likely N-dealkylation sites (tertiary alicyclic amines) is 1. The highest BCUT2D eigenvalue weighted by molar-refractivity contribution is 5.85. The number of piperidine rings is 1. The van der Waals surface area contributed by atoms with E-state index in [2.05, 4.69) is 11.9 Å². The number of halogens is 2. The van der Waals surface area contributed by atoms with E-state index in [1.165, 1.54) is 13.0 Å². The van der Waals surface area contributed by atoms with E-state index in [1.807, 2.05) is 0 Å². The van der Waals surface area contributed by atoms with Crippen molar-refractivity contribution in [3.05, 3.63) is 0 Å². The Morgan fingerprint density at radius 3 is 2.45 bits per heavy atom. The summed E-state index contributed by atoms with van der Waals surface area (Å²) in [4.78, 5) is 6.96. The van der Waals surface area contributed by atoms with Crippen molar-refractivity contribution in [2.24, 2.45) is 5.90 Å². The summed E-state index contributed by atoms with van der Waals surface area (Å²) in [5, 5.41) is 0. The van der Waals surface area contributed by atoms with Crippen LogP contribution in [-0.2, 0) is 4.84 Å². The van der Waals surface area contributed by atoms with E-state index < -0.39 is 0 Å². The zero-order valence-electron chi connectivity index (χ0n) is 6.66. The standard InChI is InChI=1S/C6H14N2O.2ClH/c1-8-4-2-3-6(5-8)9-7;;/h6H,2-5,7H2,1H3;2*1H. The lowest BCUT2D eigenvalue weighted by molar-refractivity contribution is 0.00555. The molecule has 5 heteroatoms. The van der Waals surface area contributed by atoms with Crippen LogP contribution in [0.2, 0.25) is 0 Å². The molecule has 0 bridgehead atoms. The first-order chi connectivity index (χ1) is 4.33. The molecule has 1 rings (SSSR count). The zero-order valence-corrected chi connectivity index (χ0v) is 8.29. The largest absolute Gasteiger partial charge is 0.304 e. The molecule has 1 aliphatic heterocycles. The van der Waals surface area contributed by atoms with Gasteiger partial charge in [0.05, 0.1) is 6.10 Å². The number of hydrogen-bond acceptors (Lipinski definition) is 3. The fourth-order valence-electron chi connectivity index (χ4n) is 1.23. The molecule has 1 saturated heterocycles. The van der Waals surface area contributed by atoms with Crippen molar-refractivity contribution in [2.45, 2.75) is 18.9 Å². The van der Waals surface area contributed by atoms with E-state index in [0.29, 0.717) is 0 Å². The molecule has 0 amide bonds.